The van der Waals surface area contributed by atoms with Crippen LogP contribution in [0.15, 0.2) is 41.0 Å². The van der Waals surface area contributed by atoms with Crippen LogP contribution in [0.1, 0.15) is 6.42 Å². The molecule has 2 N–H and O–H groups in total. The molecule has 0 unspecified atom stereocenters. The van der Waals surface area contributed by atoms with Crippen molar-refractivity contribution < 1.29 is 4.39 Å². The van der Waals surface area contributed by atoms with Gasteiger partial charge in [0.15, 0.2) is 0 Å². The molecule has 2 rings (SSSR count). The largest absolute Gasteiger partial charge is 0.330 e. The minimum atomic E-state index is -0.298. The molecule has 0 fully saturated rings. The molecular weight excluding hydrogens is 345 g/mol. The highest BCUT2D eigenvalue weighted by Crippen LogP contribution is 2.33. The number of hydrogen-bond acceptors (Lipinski definition) is 3. The van der Waals surface area contributed by atoms with Gasteiger partial charge in [-0.25, -0.2) is 9.37 Å². The second-order valence-corrected chi connectivity index (χ2v) is 5.50. The third-order valence-corrected chi connectivity index (χ3v) is 3.56. The van der Waals surface area contributed by atoms with Crippen LogP contribution in [0.5, 0.6) is 0 Å². The van der Waals surface area contributed by atoms with Gasteiger partial charge in [0.1, 0.15) is 11.6 Å². The zero-order valence-corrected chi connectivity index (χ0v) is 13.0. The Morgan fingerprint density at radius 3 is 2.75 bits per heavy atom. The third kappa shape index (κ3) is 3.48. The monoisotopic (exact) mass is 357 g/mol. The fourth-order valence-corrected chi connectivity index (χ4v) is 2.72. The number of aromatic nitrogens is 1. The molecule has 1 aromatic carbocycles. The number of rotatable bonds is 5. The maximum Gasteiger partial charge on any atom is 0.147 e. The van der Waals surface area contributed by atoms with Crippen molar-refractivity contribution in [1.29, 1.82) is 0 Å². The summed E-state index contributed by atoms with van der Waals surface area (Å²) in [7, 11) is 0. The van der Waals surface area contributed by atoms with Gasteiger partial charge in [0.25, 0.3) is 0 Å². The minimum Gasteiger partial charge on any atom is -0.330 e. The molecule has 6 heteroatoms. The summed E-state index contributed by atoms with van der Waals surface area (Å²) < 4.78 is 14.7. The second kappa shape index (κ2) is 7.02. The van der Waals surface area contributed by atoms with Gasteiger partial charge < -0.3 is 10.6 Å². The Kier molecular flexibility index (Phi) is 5.34. The fraction of sp³-hybridized carbons (Fsp3) is 0.214. The number of nitrogens with zero attached hydrogens (tertiary/aromatic N) is 2. The zero-order valence-electron chi connectivity index (χ0n) is 10.7. The van der Waals surface area contributed by atoms with Gasteiger partial charge in [-0.15, -0.1) is 0 Å². The highest BCUT2D eigenvalue weighted by molar-refractivity contribution is 9.10. The van der Waals surface area contributed by atoms with Crippen LogP contribution in [0.25, 0.3) is 0 Å². The first-order chi connectivity index (χ1) is 9.63. The van der Waals surface area contributed by atoms with E-state index in [1.165, 1.54) is 12.3 Å². The van der Waals surface area contributed by atoms with Gasteiger partial charge in [-0.3, -0.25) is 0 Å². The van der Waals surface area contributed by atoms with Crippen LogP contribution in [0.3, 0.4) is 0 Å². The molecule has 0 spiro atoms. The second-order valence-electron chi connectivity index (χ2n) is 4.20. The van der Waals surface area contributed by atoms with Gasteiger partial charge in [0, 0.05) is 12.7 Å². The molecule has 20 heavy (non-hydrogen) atoms. The lowest BCUT2D eigenvalue weighted by Crippen LogP contribution is -2.23. The van der Waals surface area contributed by atoms with E-state index in [0.717, 1.165) is 6.42 Å². The molecule has 0 bridgehead atoms. The Morgan fingerprint density at radius 1 is 1.35 bits per heavy atom. The van der Waals surface area contributed by atoms with Gasteiger partial charge in [-0.1, -0.05) is 23.7 Å². The van der Waals surface area contributed by atoms with Crippen molar-refractivity contribution in [2.75, 3.05) is 18.0 Å². The van der Waals surface area contributed by atoms with Crippen LogP contribution in [0.2, 0.25) is 5.02 Å². The first-order valence-corrected chi connectivity index (χ1v) is 7.33. The maximum absolute atomic E-state index is 14.0. The molecule has 0 amide bonds. The van der Waals surface area contributed by atoms with Crippen molar-refractivity contribution in [3.8, 4) is 0 Å². The third-order valence-electron chi connectivity index (χ3n) is 2.77. The lowest BCUT2D eigenvalue weighted by Gasteiger charge is -2.25. The topological polar surface area (TPSA) is 42.1 Å². The SMILES string of the molecule is NCCCN(c1ccccc1F)c1ncc(Cl)cc1Br. The summed E-state index contributed by atoms with van der Waals surface area (Å²) in [6.07, 6.45) is 2.27. The van der Waals surface area contributed by atoms with E-state index in [2.05, 4.69) is 20.9 Å². The van der Waals surface area contributed by atoms with Gasteiger partial charge in [0.05, 0.1) is 15.2 Å². The van der Waals surface area contributed by atoms with Crippen LogP contribution < -0.4 is 10.6 Å². The predicted octanol–water partition coefficient (Wildman–Crippen LogP) is 4.12. The Balaban J connectivity index is 2.44. The molecule has 0 saturated carbocycles. The highest BCUT2D eigenvalue weighted by Gasteiger charge is 2.17. The predicted molar refractivity (Wildman–Crippen MR) is 84.0 cm³/mol. The Bertz CT molecular complexity index is 594. The maximum atomic E-state index is 14.0. The van der Waals surface area contributed by atoms with Crippen molar-refractivity contribution in [2.45, 2.75) is 6.42 Å². The molecule has 0 saturated heterocycles. The van der Waals surface area contributed by atoms with Crippen LogP contribution in [-0.4, -0.2) is 18.1 Å². The number of anilines is 2. The van der Waals surface area contributed by atoms with Crippen molar-refractivity contribution in [2.24, 2.45) is 5.73 Å². The summed E-state index contributed by atoms with van der Waals surface area (Å²) in [5.74, 6) is 0.320. The Labute approximate surface area is 130 Å². The van der Waals surface area contributed by atoms with E-state index >= 15 is 0 Å². The highest BCUT2D eigenvalue weighted by atomic mass is 79.9. The van der Waals surface area contributed by atoms with E-state index in [9.17, 15) is 4.39 Å². The van der Waals surface area contributed by atoms with E-state index in [4.69, 9.17) is 17.3 Å². The van der Waals surface area contributed by atoms with E-state index in [1.807, 2.05) is 0 Å². The number of benzene rings is 1. The molecule has 1 heterocycles. The molecule has 0 aliphatic rings. The average Bonchev–Trinajstić information content (AvgIpc) is 2.42. The van der Waals surface area contributed by atoms with Gasteiger partial charge in [0.2, 0.25) is 0 Å². The van der Waals surface area contributed by atoms with Gasteiger partial charge in [-0.05, 0) is 47.1 Å². The van der Waals surface area contributed by atoms with Crippen LogP contribution in [0.4, 0.5) is 15.9 Å². The van der Waals surface area contributed by atoms with E-state index in [1.54, 1.807) is 29.2 Å². The molecule has 0 radical (unpaired) electrons. The number of hydrogen-bond donors (Lipinski definition) is 1. The van der Waals surface area contributed by atoms with E-state index in [-0.39, 0.29) is 5.82 Å². The molecule has 0 aliphatic carbocycles. The Hall–Kier alpha value is -1.17. The number of nitrogens with two attached hydrogens (primary N) is 1. The quantitative estimate of drug-likeness (QED) is 0.874. The number of pyridine rings is 1. The minimum absolute atomic E-state index is 0.298. The summed E-state index contributed by atoms with van der Waals surface area (Å²) in [6.45, 7) is 1.10. The van der Waals surface area contributed by atoms with Crippen molar-refractivity contribution in [3.63, 3.8) is 0 Å². The molecule has 1 aromatic heterocycles. The summed E-state index contributed by atoms with van der Waals surface area (Å²) in [5.41, 5.74) is 6.03. The molecular formula is C14H14BrClFN3. The molecule has 106 valence electrons. The summed E-state index contributed by atoms with van der Waals surface area (Å²) in [6, 6.07) is 8.32. The van der Waals surface area contributed by atoms with Crippen molar-refractivity contribution in [3.05, 3.63) is 51.8 Å². The molecule has 0 aliphatic heterocycles. The van der Waals surface area contributed by atoms with Crippen molar-refractivity contribution >= 4 is 39.0 Å². The van der Waals surface area contributed by atoms with E-state index in [0.29, 0.717) is 34.1 Å². The lowest BCUT2D eigenvalue weighted by atomic mass is 10.2. The standard InChI is InChI=1S/C14H14BrClFN3/c15-11-8-10(16)9-19-14(11)20(7-3-6-18)13-5-2-1-4-12(13)17/h1-2,4-5,8-9H,3,6-7,18H2. The van der Waals surface area contributed by atoms with Crippen LogP contribution in [-0.2, 0) is 0 Å². The van der Waals surface area contributed by atoms with E-state index < -0.39 is 0 Å². The average molecular weight is 359 g/mol. The van der Waals surface area contributed by atoms with Crippen LogP contribution >= 0.6 is 27.5 Å². The summed E-state index contributed by atoms with van der Waals surface area (Å²) in [4.78, 5) is 6.08. The Morgan fingerprint density at radius 2 is 2.10 bits per heavy atom. The molecule has 3 nitrogen and oxygen atoms in total. The molecule has 0 atom stereocenters. The first kappa shape index (κ1) is 15.2. The zero-order chi connectivity index (χ0) is 14.5. The van der Waals surface area contributed by atoms with Crippen LogP contribution in [0, 0.1) is 5.82 Å². The summed E-state index contributed by atoms with van der Waals surface area (Å²) >= 11 is 9.32. The van der Waals surface area contributed by atoms with Crippen molar-refractivity contribution in [1.82, 2.24) is 4.98 Å². The normalized spacial score (nSPS) is 10.6. The van der Waals surface area contributed by atoms with Gasteiger partial charge in [-0.2, -0.15) is 0 Å². The first-order valence-electron chi connectivity index (χ1n) is 6.16. The number of para-hydroxylation sites is 1. The number of halogens is 3. The lowest BCUT2D eigenvalue weighted by molar-refractivity contribution is 0.622. The van der Waals surface area contributed by atoms with Gasteiger partial charge >= 0.3 is 0 Å². The fourth-order valence-electron chi connectivity index (χ4n) is 1.87. The summed E-state index contributed by atoms with van der Waals surface area (Å²) in [5, 5.41) is 0.521. The molecule has 2 aromatic rings. The smallest absolute Gasteiger partial charge is 0.147 e.